The molecule has 0 bridgehead atoms. The zero-order valence-electron chi connectivity index (χ0n) is 30.3. The second-order valence-corrected chi connectivity index (χ2v) is 15.2. The van der Waals surface area contributed by atoms with E-state index < -0.39 is 46.7 Å². The van der Waals surface area contributed by atoms with Crippen LogP contribution in [0.5, 0.6) is 0 Å². The molecule has 2 amide bonds. The molecule has 4 N–H and O–H groups in total. The summed E-state index contributed by atoms with van der Waals surface area (Å²) in [5.74, 6) is -2.41. The number of carbonyl (C=O) groups excluding carboxylic acids is 4. The average Bonchev–Trinajstić information content (AvgIpc) is 2.98. The molecule has 2 aliphatic rings. The van der Waals surface area contributed by atoms with E-state index in [1.807, 2.05) is 51.3 Å². The molecule has 2 unspecified atom stereocenters. The first-order chi connectivity index (χ1) is 23.3. The van der Waals surface area contributed by atoms with Gasteiger partial charge >= 0.3 is 11.9 Å². The van der Waals surface area contributed by atoms with Gasteiger partial charge in [-0.05, 0) is 104 Å². The topological polar surface area (TPSA) is 145 Å². The quantitative estimate of drug-likeness (QED) is 0.305. The van der Waals surface area contributed by atoms with Gasteiger partial charge in [0.1, 0.15) is 34.9 Å². The predicted molar refractivity (Wildman–Crippen MR) is 186 cm³/mol. The van der Waals surface area contributed by atoms with E-state index in [1.165, 1.54) is 12.1 Å². The molecule has 2 aromatic carbocycles. The van der Waals surface area contributed by atoms with Crippen LogP contribution in [0.15, 0.2) is 48.5 Å². The van der Waals surface area contributed by atoms with Crippen molar-refractivity contribution in [3.05, 3.63) is 71.3 Å². The van der Waals surface area contributed by atoms with Crippen LogP contribution in [-0.4, -0.2) is 70.9 Å². The maximum atomic E-state index is 14.1. The van der Waals surface area contributed by atoms with E-state index in [2.05, 4.69) is 0 Å². The van der Waals surface area contributed by atoms with E-state index in [-0.39, 0.29) is 47.7 Å². The van der Waals surface area contributed by atoms with Crippen LogP contribution >= 0.6 is 0 Å². The summed E-state index contributed by atoms with van der Waals surface area (Å²) in [6.45, 7) is 13.3. The highest BCUT2D eigenvalue weighted by Crippen LogP contribution is 2.31. The van der Waals surface area contributed by atoms with Crippen molar-refractivity contribution < 1.29 is 37.4 Å². The number of piperidine rings is 2. The van der Waals surface area contributed by atoms with Gasteiger partial charge < -0.3 is 20.9 Å². The number of hydrogen-bond donors (Lipinski definition) is 2. The van der Waals surface area contributed by atoms with Crippen molar-refractivity contribution in [1.82, 2.24) is 9.80 Å². The fourth-order valence-corrected chi connectivity index (χ4v) is 6.69. The summed E-state index contributed by atoms with van der Waals surface area (Å²) in [7, 11) is 0. The van der Waals surface area contributed by atoms with Crippen molar-refractivity contribution >= 4 is 23.8 Å². The molecule has 50 heavy (non-hydrogen) atoms. The minimum Gasteiger partial charge on any atom is -0.460 e. The van der Waals surface area contributed by atoms with E-state index >= 15 is 0 Å². The molecule has 4 atom stereocenters. The van der Waals surface area contributed by atoms with Gasteiger partial charge in [0.15, 0.2) is 0 Å². The van der Waals surface area contributed by atoms with Gasteiger partial charge in [-0.2, -0.15) is 0 Å². The summed E-state index contributed by atoms with van der Waals surface area (Å²) in [5.41, 5.74) is 10.7. The molecule has 2 fully saturated rings. The Morgan fingerprint density at radius 1 is 0.680 bits per heavy atom. The van der Waals surface area contributed by atoms with E-state index in [0.717, 1.165) is 25.7 Å². The van der Waals surface area contributed by atoms with Crippen LogP contribution in [0, 0.1) is 23.5 Å². The second-order valence-electron chi connectivity index (χ2n) is 15.2. The number of nitrogens with two attached hydrogens (primary N) is 2. The van der Waals surface area contributed by atoms with Crippen LogP contribution in [0.4, 0.5) is 8.78 Å². The maximum absolute atomic E-state index is 14.1. The van der Waals surface area contributed by atoms with E-state index in [4.69, 9.17) is 20.9 Å². The highest BCUT2D eigenvalue weighted by Gasteiger charge is 2.35. The van der Waals surface area contributed by atoms with Crippen LogP contribution in [0.1, 0.15) is 103 Å². The van der Waals surface area contributed by atoms with Crippen molar-refractivity contribution in [2.24, 2.45) is 23.3 Å². The first-order valence-corrected chi connectivity index (χ1v) is 17.3. The summed E-state index contributed by atoms with van der Waals surface area (Å²) < 4.78 is 39.0. The minimum absolute atomic E-state index is 0.0669. The van der Waals surface area contributed by atoms with Crippen molar-refractivity contribution in [2.75, 3.05) is 26.2 Å². The molecule has 0 spiro atoms. The number of nitrogens with zero attached hydrogens (tertiary/aromatic N) is 2. The largest absolute Gasteiger partial charge is 0.460 e. The van der Waals surface area contributed by atoms with Gasteiger partial charge in [0, 0.05) is 37.1 Å². The van der Waals surface area contributed by atoms with Gasteiger partial charge in [-0.3, -0.25) is 29.0 Å². The predicted octanol–water partition coefficient (Wildman–Crippen LogP) is 5.59. The normalized spacial score (nSPS) is 20.1. The monoisotopic (exact) mass is 700 g/mol. The third-order valence-corrected chi connectivity index (χ3v) is 8.52. The second kappa shape index (κ2) is 17.8. The van der Waals surface area contributed by atoms with Crippen molar-refractivity contribution in [2.45, 2.75) is 103 Å². The third kappa shape index (κ3) is 12.8. The number of primary amides is 2. The lowest BCUT2D eigenvalue weighted by Gasteiger charge is -2.37. The smallest absolute Gasteiger partial charge is 0.306 e. The standard InChI is InChI=1S/2C19H27FN2O3/c2*1-19(2,3)25-16(23)11-13-7-6-10-22(12-13)17(18(21)24)14-8-4-5-9-15(14)20/h2*4-5,8-9,13,17H,6-7,10-12H2,1-3H3,(H2,21,24)/t2*13-,17?/m00/s1. The number of benzene rings is 2. The van der Waals surface area contributed by atoms with Gasteiger partial charge in [0.25, 0.3) is 0 Å². The number of ether oxygens (including phenoxy) is 2. The number of amides is 2. The van der Waals surface area contributed by atoms with Crippen molar-refractivity contribution in [1.29, 1.82) is 0 Å². The Hall–Kier alpha value is -3.90. The van der Waals surface area contributed by atoms with Crippen molar-refractivity contribution in [3.63, 3.8) is 0 Å². The van der Waals surface area contributed by atoms with Gasteiger partial charge in [-0.25, -0.2) is 8.78 Å². The molecule has 2 saturated heterocycles. The van der Waals surface area contributed by atoms with Crippen LogP contribution in [0.3, 0.4) is 0 Å². The maximum Gasteiger partial charge on any atom is 0.306 e. The van der Waals surface area contributed by atoms with Crippen molar-refractivity contribution in [3.8, 4) is 0 Å². The summed E-state index contributed by atoms with van der Waals surface area (Å²) in [6.07, 6.45) is 3.97. The Morgan fingerprint density at radius 2 is 1.02 bits per heavy atom. The molecular formula is C38H54F2N4O6. The number of hydrogen-bond acceptors (Lipinski definition) is 8. The number of esters is 2. The lowest BCUT2D eigenvalue weighted by Crippen LogP contribution is -2.44. The zero-order chi connectivity index (χ0) is 37.2. The molecule has 2 aromatic rings. The Morgan fingerprint density at radius 3 is 1.32 bits per heavy atom. The minimum atomic E-state index is -0.817. The molecule has 276 valence electrons. The first-order valence-electron chi connectivity index (χ1n) is 17.3. The summed E-state index contributed by atoms with van der Waals surface area (Å²) in [4.78, 5) is 51.9. The van der Waals surface area contributed by atoms with Crippen LogP contribution in [0.2, 0.25) is 0 Å². The number of carbonyl (C=O) groups is 4. The molecule has 0 aliphatic carbocycles. The van der Waals surface area contributed by atoms with E-state index in [9.17, 15) is 28.0 Å². The van der Waals surface area contributed by atoms with E-state index in [1.54, 1.807) is 36.4 Å². The molecular weight excluding hydrogens is 646 g/mol. The van der Waals surface area contributed by atoms with Crippen LogP contribution in [-0.2, 0) is 28.7 Å². The molecule has 0 saturated carbocycles. The Bertz CT molecular complexity index is 1360. The fraction of sp³-hybridized carbons (Fsp3) is 0.579. The highest BCUT2D eigenvalue weighted by atomic mass is 19.1. The van der Waals surface area contributed by atoms with Gasteiger partial charge in [0.05, 0.1) is 0 Å². The molecule has 12 heteroatoms. The Balaban J connectivity index is 0.000000270. The molecule has 2 aliphatic heterocycles. The fourth-order valence-electron chi connectivity index (χ4n) is 6.69. The van der Waals surface area contributed by atoms with Crippen LogP contribution < -0.4 is 11.5 Å². The van der Waals surface area contributed by atoms with Crippen LogP contribution in [0.25, 0.3) is 0 Å². The molecule has 10 nitrogen and oxygen atoms in total. The molecule has 0 radical (unpaired) electrons. The van der Waals surface area contributed by atoms with Gasteiger partial charge in [-0.1, -0.05) is 36.4 Å². The molecule has 4 rings (SSSR count). The highest BCUT2D eigenvalue weighted by molar-refractivity contribution is 5.82. The summed E-state index contributed by atoms with van der Waals surface area (Å²) in [6, 6.07) is 10.7. The average molecular weight is 701 g/mol. The van der Waals surface area contributed by atoms with Gasteiger partial charge in [-0.15, -0.1) is 0 Å². The number of rotatable bonds is 10. The summed E-state index contributed by atoms with van der Waals surface area (Å²) >= 11 is 0. The lowest BCUT2D eigenvalue weighted by molar-refractivity contribution is -0.157. The molecule has 2 heterocycles. The summed E-state index contributed by atoms with van der Waals surface area (Å²) in [5, 5.41) is 0. The Kier molecular flexibility index (Phi) is 14.5. The number of likely N-dealkylation sites (tertiary alicyclic amines) is 2. The van der Waals surface area contributed by atoms with E-state index in [0.29, 0.717) is 26.2 Å². The Labute approximate surface area is 294 Å². The first kappa shape index (κ1) is 40.5. The lowest BCUT2D eigenvalue weighted by atomic mass is 9.92. The third-order valence-electron chi connectivity index (χ3n) is 8.52. The van der Waals surface area contributed by atoms with Gasteiger partial charge in [0.2, 0.25) is 11.8 Å². The molecule has 0 aromatic heterocycles. The zero-order valence-corrected chi connectivity index (χ0v) is 30.3. The SMILES string of the molecule is CC(C)(C)OC(=O)C[C@@H]1CCCN(C(C(N)=O)c2ccccc2F)C1.CC(C)(C)OC(=O)C[C@@H]1CCCN(C(C(N)=O)c2ccccc2F)C1. The number of halogens is 2.